The van der Waals surface area contributed by atoms with Crippen LogP contribution < -0.4 is 70.9 Å². The molecule has 12 heteroatoms. The van der Waals surface area contributed by atoms with E-state index < -0.39 is 11.4 Å². The van der Waals surface area contributed by atoms with Crippen molar-refractivity contribution in [1.29, 1.82) is 0 Å². The Hall–Kier alpha value is 2.40. The van der Waals surface area contributed by atoms with Gasteiger partial charge in [-0.25, -0.2) is 0 Å². The van der Waals surface area contributed by atoms with E-state index in [2.05, 4.69) is 0 Å². The predicted molar refractivity (Wildman–Crippen MR) is 72.7 cm³/mol. The summed E-state index contributed by atoms with van der Waals surface area (Å²) >= 11 is -1.62. The molecule has 0 heterocycles. The molecular weight excluding hydrogens is 452 g/mol. The SMILES string of the molecule is C[NH2+]C.C[NH2+]C.C[NH2+]C.C[NH2+]C.[Cl-].[Cl-].[Cl-].[Cl-].[Cl][Cr]([Cl])[Cl]. The van der Waals surface area contributed by atoms with E-state index in [1.54, 1.807) is 0 Å². The van der Waals surface area contributed by atoms with Crippen LogP contribution in [0.25, 0.3) is 0 Å². The number of rotatable bonds is 0. The summed E-state index contributed by atoms with van der Waals surface area (Å²) in [5, 5.41) is 8.00. The summed E-state index contributed by atoms with van der Waals surface area (Å²) in [7, 11) is 30.8. The molecule has 0 rings (SSSR count). The van der Waals surface area contributed by atoms with Gasteiger partial charge in [-0.15, -0.1) is 0 Å². The molecule has 0 radical (unpaired) electrons. The summed E-state index contributed by atoms with van der Waals surface area (Å²) in [5.41, 5.74) is 0. The third-order valence-corrected chi connectivity index (χ3v) is 0. The molecule has 0 aromatic heterocycles. The first kappa shape index (κ1) is 57.1. The summed E-state index contributed by atoms with van der Waals surface area (Å²) in [6.07, 6.45) is 0. The van der Waals surface area contributed by atoms with Crippen LogP contribution in [0.4, 0.5) is 0 Å². The fourth-order valence-corrected chi connectivity index (χ4v) is 0. The third-order valence-electron chi connectivity index (χ3n) is 0. The van der Waals surface area contributed by atoms with Crippen molar-refractivity contribution in [2.24, 2.45) is 0 Å². The Kier molecular flexibility index (Phi) is 288. The van der Waals surface area contributed by atoms with Crippen LogP contribution in [0.15, 0.2) is 0 Å². The molecule has 0 atom stereocenters. The second-order valence-corrected chi connectivity index (χ2v) is 8.80. The fraction of sp³-hybridized carbons (Fsp3) is 1.00. The van der Waals surface area contributed by atoms with Gasteiger partial charge in [-0.05, 0) is 0 Å². The molecule has 0 bridgehead atoms. The second-order valence-electron chi connectivity index (χ2n) is 2.48. The summed E-state index contributed by atoms with van der Waals surface area (Å²) in [5.74, 6) is 0. The molecule has 0 aliphatic heterocycles. The fourth-order valence-electron chi connectivity index (χ4n) is 0. The van der Waals surface area contributed by atoms with Crippen molar-refractivity contribution >= 4 is 30.1 Å². The van der Waals surface area contributed by atoms with Crippen molar-refractivity contribution in [3.8, 4) is 0 Å². The molecule has 0 fully saturated rings. The van der Waals surface area contributed by atoms with Crippen molar-refractivity contribution < 1.29 is 82.3 Å². The zero-order valence-corrected chi connectivity index (χ0v) is 19.9. The van der Waals surface area contributed by atoms with Crippen LogP contribution in [0.3, 0.4) is 0 Å². The molecule has 0 aromatic carbocycles. The van der Waals surface area contributed by atoms with Crippen molar-refractivity contribution in [1.82, 2.24) is 0 Å². The van der Waals surface area contributed by atoms with Crippen LogP contribution in [0.5, 0.6) is 0 Å². The van der Waals surface area contributed by atoms with Crippen LogP contribution in [0.1, 0.15) is 0 Å². The van der Waals surface area contributed by atoms with Crippen molar-refractivity contribution in [3.63, 3.8) is 0 Å². The van der Waals surface area contributed by atoms with E-state index in [0.717, 1.165) is 0 Å². The normalized spacial score (nSPS) is 5.40. The van der Waals surface area contributed by atoms with Crippen molar-refractivity contribution in [2.75, 3.05) is 56.4 Å². The molecule has 0 unspecified atom stereocenters. The number of nitrogens with two attached hydrogens (primary N) is 4. The topological polar surface area (TPSA) is 66.4 Å². The first-order chi connectivity index (χ1) is 7.39. The van der Waals surface area contributed by atoms with Gasteiger partial charge in [0.2, 0.25) is 0 Å². The van der Waals surface area contributed by atoms with Crippen LogP contribution in [0.2, 0.25) is 0 Å². The quantitative estimate of drug-likeness (QED) is 0.264. The van der Waals surface area contributed by atoms with Gasteiger partial charge >= 0.3 is 41.5 Å². The number of quaternary nitrogens is 4. The second kappa shape index (κ2) is 101. The Balaban J connectivity index is -0.0000000103. The van der Waals surface area contributed by atoms with E-state index in [4.69, 9.17) is 30.1 Å². The van der Waals surface area contributed by atoms with E-state index in [9.17, 15) is 0 Å². The van der Waals surface area contributed by atoms with Gasteiger partial charge in [0.1, 0.15) is 0 Å². The van der Waals surface area contributed by atoms with E-state index in [-0.39, 0.29) is 49.6 Å². The Bertz CT molecular complexity index is 61.3. The molecule has 139 valence electrons. The molecule has 0 aliphatic rings. The summed E-state index contributed by atoms with van der Waals surface area (Å²) in [6.45, 7) is 0. The summed E-state index contributed by atoms with van der Waals surface area (Å²) < 4.78 is 0. The Morgan fingerprint density at radius 2 is 0.450 bits per heavy atom. The maximum atomic E-state index is 4.93. The van der Waals surface area contributed by atoms with Gasteiger partial charge < -0.3 is 70.9 Å². The third kappa shape index (κ3) is 1330. The minimum atomic E-state index is -1.62. The summed E-state index contributed by atoms with van der Waals surface area (Å²) in [6, 6.07) is 0. The Labute approximate surface area is 167 Å². The van der Waals surface area contributed by atoms with Crippen LogP contribution in [-0.2, 0) is 11.4 Å². The molecule has 0 saturated heterocycles. The van der Waals surface area contributed by atoms with Crippen molar-refractivity contribution in [2.45, 2.75) is 0 Å². The van der Waals surface area contributed by atoms with Gasteiger partial charge in [0.15, 0.2) is 0 Å². The van der Waals surface area contributed by atoms with Crippen molar-refractivity contribution in [3.05, 3.63) is 0 Å². The van der Waals surface area contributed by atoms with Gasteiger partial charge in [0, 0.05) is 0 Å². The van der Waals surface area contributed by atoms with Crippen LogP contribution in [-0.4, -0.2) is 56.4 Å². The average Bonchev–Trinajstić information content (AvgIpc) is 2.06. The maximum absolute atomic E-state index is 4.93. The number of halogens is 7. The summed E-state index contributed by atoms with van der Waals surface area (Å²) in [4.78, 5) is 0. The van der Waals surface area contributed by atoms with E-state index in [1.807, 2.05) is 77.6 Å². The average molecular weight is 485 g/mol. The predicted octanol–water partition coefficient (Wildman–Crippen LogP) is -14.7. The van der Waals surface area contributed by atoms with Gasteiger partial charge in [-0.1, -0.05) is 0 Å². The van der Waals surface area contributed by atoms with Gasteiger partial charge in [-0.3, -0.25) is 0 Å². The van der Waals surface area contributed by atoms with Gasteiger partial charge in [-0.2, -0.15) is 0 Å². The Morgan fingerprint density at radius 1 is 0.450 bits per heavy atom. The molecular formula is C8H32Cl7CrN4. The Morgan fingerprint density at radius 3 is 0.450 bits per heavy atom. The first-order valence-electron chi connectivity index (χ1n) is 5.08. The van der Waals surface area contributed by atoms with Gasteiger partial charge in [0.05, 0.1) is 56.4 Å². The van der Waals surface area contributed by atoms with E-state index >= 15 is 0 Å². The van der Waals surface area contributed by atoms with Crippen LogP contribution >= 0.6 is 30.1 Å². The molecule has 8 N–H and O–H groups in total. The molecule has 0 aromatic rings. The van der Waals surface area contributed by atoms with Gasteiger partial charge in [0.25, 0.3) is 0 Å². The monoisotopic (exact) mass is 481 g/mol. The van der Waals surface area contributed by atoms with E-state index in [1.165, 1.54) is 0 Å². The number of hydrogen-bond acceptors (Lipinski definition) is 0. The zero-order valence-electron chi connectivity index (χ0n) is 13.4. The van der Waals surface area contributed by atoms with E-state index in [0.29, 0.717) is 0 Å². The van der Waals surface area contributed by atoms with Crippen LogP contribution in [0, 0.1) is 0 Å². The molecule has 0 spiro atoms. The zero-order chi connectivity index (χ0) is 14.4. The standard InChI is InChI=1S/4C2H7N.7ClH.Cr/c4*1-3-2;;;;;;;;/h4*3H,1-2H3;7*1H;/q;;;;;;;;;;;+3/p-3. The molecule has 0 saturated carbocycles. The molecule has 4 nitrogen and oxygen atoms in total. The molecule has 20 heavy (non-hydrogen) atoms. The number of hydrogen-bond donors (Lipinski definition) is 4. The molecule has 0 aliphatic carbocycles. The molecule has 0 amide bonds. The minimum absolute atomic E-state index is 0. The first-order valence-corrected chi connectivity index (χ1v) is 10.3.